The second-order valence-electron chi connectivity index (χ2n) is 5.79. The quantitative estimate of drug-likeness (QED) is 0.555. The van der Waals surface area contributed by atoms with Gasteiger partial charge in [-0.05, 0) is 23.9 Å². The summed E-state index contributed by atoms with van der Waals surface area (Å²) in [4.78, 5) is 44.0. The number of hydrogen-bond donors (Lipinski definition) is 4. The minimum atomic E-state index is -0.941. The highest BCUT2D eigenvalue weighted by molar-refractivity contribution is 5.97. The third kappa shape index (κ3) is 4.06. The van der Waals surface area contributed by atoms with Gasteiger partial charge in [0, 0.05) is 19.6 Å². The summed E-state index contributed by atoms with van der Waals surface area (Å²) in [5.41, 5.74) is 0.439. The summed E-state index contributed by atoms with van der Waals surface area (Å²) in [6.07, 6.45) is 0.301. The van der Waals surface area contributed by atoms with Gasteiger partial charge in [0.2, 0.25) is 0 Å². The molecule has 1 aromatic carbocycles. The van der Waals surface area contributed by atoms with Gasteiger partial charge in [-0.3, -0.25) is 19.2 Å². The number of carbonyl (C=O) groups is 3. The van der Waals surface area contributed by atoms with Crippen LogP contribution in [0.2, 0.25) is 0 Å². The number of aliphatic carboxylic acids is 1. The minimum absolute atomic E-state index is 0.0602. The summed E-state index contributed by atoms with van der Waals surface area (Å²) >= 11 is 0. The number of hydrogen-bond acceptors (Lipinski definition) is 5. The zero-order valence-electron chi connectivity index (χ0n) is 14.0. The van der Waals surface area contributed by atoms with Crippen LogP contribution in [-0.2, 0) is 16.6 Å². The molecule has 0 saturated carbocycles. The van der Waals surface area contributed by atoms with E-state index < -0.39 is 17.9 Å². The average Bonchev–Trinajstić information content (AvgIpc) is 3.07. The van der Waals surface area contributed by atoms with Gasteiger partial charge < -0.3 is 25.4 Å². The van der Waals surface area contributed by atoms with Crippen LogP contribution in [0, 0.1) is 0 Å². The molecule has 26 heavy (non-hydrogen) atoms. The van der Waals surface area contributed by atoms with E-state index in [4.69, 9.17) is 15.0 Å². The highest BCUT2D eigenvalue weighted by atomic mass is 16.4. The van der Waals surface area contributed by atoms with Crippen molar-refractivity contribution in [1.82, 2.24) is 15.2 Å². The molecule has 1 fully saturated rings. The van der Waals surface area contributed by atoms with Crippen LogP contribution in [0.4, 0.5) is 0 Å². The van der Waals surface area contributed by atoms with E-state index in [9.17, 15) is 14.4 Å². The molecule has 1 aliphatic heterocycles. The molecule has 0 unspecified atom stereocenters. The Morgan fingerprint density at radius 3 is 2.62 bits per heavy atom. The molecule has 2 heterocycles. The molecule has 1 aromatic heterocycles. The van der Waals surface area contributed by atoms with E-state index in [2.05, 4.69) is 10.6 Å². The van der Waals surface area contributed by atoms with Crippen LogP contribution >= 0.6 is 0 Å². The van der Waals surface area contributed by atoms with Crippen molar-refractivity contribution in [2.75, 3.05) is 6.54 Å². The Balaban J connectivity index is 0.000000758. The maximum atomic E-state index is 12.4. The Morgan fingerprint density at radius 1 is 1.35 bits per heavy atom. The SMILES string of the molecule is Cn1c(=O)c(C(=O)N[C@@H]2CN[C@H](C(=O)O)C2)cc2ccccc21.O=CO. The molecule has 1 aliphatic rings. The van der Waals surface area contributed by atoms with Crippen molar-refractivity contribution in [2.45, 2.75) is 18.5 Å². The summed E-state index contributed by atoms with van der Waals surface area (Å²) in [7, 11) is 1.62. The van der Waals surface area contributed by atoms with Crippen molar-refractivity contribution >= 4 is 29.3 Å². The van der Waals surface area contributed by atoms with Crippen molar-refractivity contribution in [2.24, 2.45) is 7.05 Å². The van der Waals surface area contributed by atoms with Gasteiger partial charge in [0.25, 0.3) is 17.9 Å². The van der Waals surface area contributed by atoms with Crippen molar-refractivity contribution in [3.63, 3.8) is 0 Å². The monoisotopic (exact) mass is 361 g/mol. The maximum Gasteiger partial charge on any atom is 0.320 e. The highest BCUT2D eigenvalue weighted by Crippen LogP contribution is 2.13. The summed E-state index contributed by atoms with van der Waals surface area (Å²) in [6.45, 7) is 0.122. The summed E-state index contributed by atoms with van der Waals surface area (Å²) in [5.74, 6) is -1.42. The van der Waals surface area contributed by atoms with Gasteiger partial charge in [0.1, 0.15) is 11.6 Å². The third-order valence-corrected chi connectivity index (χ3v) is 4.14. The van der Waals surface area contributed by atoms with Crippen LogP contribution in [0.25, 0.3) is 10.9 Å². The molecule has 0 radical (unpaired) electrons. The number of nitrogens with zero attached hydrogens (tertiary/aromatic N) is 1. The molecule has 4 N–H and O–H groups in total. The number of benzene rings is 1. The Kier molecular flexibility index (Phi) is 6.07. The molecule has 2 aromatic rings. The van der Waals surface area contributed by atoms with Gasteiger partial charge in [0.15, 0.2) is 0 Å². The lowest BCUT2D eigenvalue weighted by molar-refractivity contribution is -0.139. The number of fused-ring (bicyclic) bond motifs is 1. The predicted molar refractivity (Wildman–Crippen MR) is 93.2 cm³/mol. The molecule has 1 saturated heterocycles. The fraction of sp³-hybridized carbons (Fsp3) is 0.294. The van der Waals surface area contributed by atoms with E-state index in [0.717, 1.165) is 10.9 Å². The number of carboxylic acids is 1. The van der Waals surface area contributed by atoms with Gasteiger partial charge in [-0.1, -0.05) is 18.2 Å². The number of pyridine rings is 1. The third-order valence-electron chi connectivity index (χ3n) is 4.14. The predicted octanol–water partition coefficient (Wildman–Crippen LogP) is -0.216. The standard InChI is InChI=1S/C16H17N3O4.CH2O2/c1-19-13-5-3-2-4-9(13)6-11(15(19)21)14(20)18-10-7-12(16(22)23)17-8-10;2-1-3/h2-6,10,12,17H,7-8H2,1H3,(H,18,20)(H,22,23);1H,(H,2,3)/t10-,12-;/m0./s1. The maximum absolute atomic E-state index is 12.4. The number of para-hydroxylation sites is 1. The lowest BCUT2D eigenvalue weighted by Crippen LogP contribution is -2.39. The highest BCUT2D eigenvalue weighted by Gasteiger charge is 2.30. The van der Waals surface area contributed by atoms with Gasteiger partial charge in [-0.2, -0.15) is 0 Å². The summed E-state index contributed by atoms with van der Waals surface area (Å²) < 4.78 is 1.44. The molecular weight excluding hydrogens is 342 g/mol. The molecule has 9 nitrogen and oxygen atoms in total. The first-order chi connectivity index (χ1) is 12.4. The minimum Gasteiger partial charge on any atom is -0.483 e. The lowest BCUT2D eigenvalue weighted by Gasteiger charge is -2.13. The fourth-order valence-corrected chi connectivity index (χ4v) is 2.88. The molecule has 2 atom stereocenters. The van der Waals surface area contributed by atoms with E-state index in [1.165, 1.54) is 4.57 Å². The Morgan fingerprint density at radius 2 is 2.00 bits per heavy atom. The van der Waals surface area contributed by atoms with Gasteiger partial charge in [-0.25, -0.2) is 0 Å². The Bertz CT molecular complexity index is 892. The number of carbonyl (C=O) groups excluding carboxylic acids is 1. The molecule has 1 amide bonds. The van der Waals surface area contributed by atoms with E-state index in [0.29, 0.717) is 13.0 Å². The first-order valence-corrected chi connectivity index (χ1v) is 7.82. The number of carboxylic acid groups (broad SMARTS) is 2. The zero-order valence-corrected chi connectivity index (χ0v) is 14.0. The lowest BCUT2D eigenvalue weighted by atomic mass is 10.1. The number of nitrogens with one attached hydrogen (secondary N) is 2. The van der Waals surface area contributed by atoms with Crippen molar-refractivity contribution in [3.05, 3.63) is 46.2 Å². The molecule has 138 valence electrons. The van der Waals surface area contributed by atoms with Crippen LogP contribution < -0.4 is 16.2 Å². The zero-order chi connectivity index (χ0) is 19.3. The van der Waals surface area contributed by atoms with Gasteiger partial charge in [-0.15, -0.1) is 0 Å². The second-order valence-corrected chi connectivity index (χ2v) is 5.79. The molecule has 0 bridgehead atoms. The second kappa shape index (κ2) is 8.26. The number of amides is 1. The van der Waals surface area contributed by atoms with Crippen molar-refractivity contribution in [1.29, 1.82) is 0 Å². The summed E-state index contributed by atoms with van der Waals surface area (Å²) in [6, 6.07) is 7.92. The Labute approximate surface area is 148 Å². The average molecular weight is 361 g/mol. The number of aryl methyl sites for hydroxylation is 1. The summed E-state index contributed by atoms with van der Waals surface area (Å²) in [5, 5.41) is 22.2. The van der Waals surface area contributed by atoms with Gasteiger partial charge >= 0.3 is 5.97 Å². The van der Waals surface area contributed by atoms with Crippen LogP contribution in [0.5, 0.6) is 0 Å². The fourth-order valence-electron chi connectivity index (χ4n) is 2.88. The van der Waals surface area contributed by atoms with Crippen LogP contribution in [0.15, 0.2) is 35.1 Å². The van der Waals surface area contributed by atoms with E-state index in [1.807, 2.05) is 24.3 Å². The Hall–Kier alpha value is -3.20. The topological polar surface area (TPSA) is 138 Å². The van der Waals surface area contributed by atoms with Crippen LogP contribution in [0.1, 0.15) is 16.8 Å². The number of aromatic nitrogens is 1. The van der Waals surface area contributed by atoms with E-state index in [-0.39, 0.29) is 23.6 Å². The molecule has 3 rings (SSSR count). The smallest absolute Gasteiger partial charge is 0.320 e. The van der Waals surface area contributed by atoms with Gasteiger partial charge in [0.05, 0.1) is 5.52 Å². The molecular formula is C17H19N3O6. The molecule has 9 heteroatoms. The molecule has 0 spiro atoms. The normalized spacial score (nSPS) is 18.7. The van der Waals surface area contributed by atoms with Crippen LogP contribution in [0.3, 0.4) is 0 Å². The first kappa shape index (κ1) is 19.1. The first-order valence-electron chi connectivity index (χ1n) is 7.82. The van der Waals surface area contributed by atoms with E-state index in [1.54, 1.807) is 13.1 Å². The van der Waals surface area contributed by atoms with E-state index >= 15 is 0 Å². The van der Waals surface area contributed by atoms with Crippen LogP contribution in [-0.4, -0.2) is 51.8 Å². The molecule has 0 aliphatic carbocycles. The van der Waals surface area contributed by atoms with Crippen molar-refractivity contribution < 1.29 is 24.6 Å². The number of rotatable bonds is 3. The van der Waals surface area contributed by atoms with Crippen molar-refractivity contribution in [3.8, 4) is 0 Å². The largest absolute Gasteiger partial charge is 0.483 e.